The lowest BCUT2D eigenvalue weighted by atomic mass is 10.1. The number of esters is 1. The van der Waals surface area contributed by atoms with Gasteiger partial charge in [-0.1, -0.05) is 19.8 Å². The van der Waals surface area contributed by atoms with Crippen LogP contribution in [-0.4, -0.2) is 35.6 Å². The highest BCUT2D eigenvalue weighted by Gasteiger charge is 2.38. The lowest BCUT2D eigenvalue weighted by Crippen LogP contribution is -2.40. The number of carbonyl (C=O) groups is 1. The predicted molar refractivity (Wildman–Crippen MR) is 74.5 cm³/mol. The fourth-order valence-corrected chi connectivity index (χ4v) is 2.42. The zero-order chi connectivity index (χ0) is 14.5. The molecule has 0 spiro atoms. The summed E-state index contributed by atoms with van der Waals surface area (Å²) in [6.07, 6.45) is 4.01. The maximum atomic E-state index is 12.2. The number of likely N-dealkylation sites (tertiary alicyclic amines) is 1. The fraction of sp³-hybridized carbons (Fsp3) is 0.867. The van der Waals surface area contributed by atoms with Gasteiger partial charge in [0.15, 0.2) is 0 Å². The summed E-state index contributed by atoms with van der Waals surface area (Å²) < 4.78 is 5.46. The average Bonchev–Trinajstić information content (AvgIpc) is 2.71. The van der Waals surface area contributed by atoms with Gasteiger partial charge in [0.2, 0.25) is 0 Å². The van der Waals surface area contributed by atoms with E-state index in [0.717, 1.165) is 25.8 Å². The fourth-order valence-electron chi connectivity index (χ4n) is 2.42. The topological polar surface area (TPSA) is 53.3 Å². The highest BCUT2D eigenvalue weighted by atomic mass is 16.6. The number of unbranched alkanes of at least 4 members (excludes halogenated alkanes) is 2. The molecule has 0 N–H and O–H groups in total. The highest BCUT2D eigenvalue weighted by Crippen LogP contribution is 2.25. The molecule has 108 valence electrons. The van der Waals surface area contributed by atoms with Crippen molar-refractivity contribution in [2.24, 2.45) is 5.92 Å². The Labute approximate surface area is 116 Å². The maximum Gasteiger partial charge on any atom is 0.323 e. The molecule has 0 saturated carbocycles. The van der Waals surface area contributed by atoms with Crippen molar-refractivity contribution < 1.29 is 9.53 Å². The first-order valence-corrected chi connectivity index (χ1v) is 7.24. The van der Waals surface area contributed by atoms with Gasteiger partial charge in [0.25, 0.3) is 0 Å². The first kappa shape index (κ1) is 16.0. The van der Waals surface area contributed by atoms with Crippen LogP contribution >= 0.6 is 0 Å². The summed E-state index contributed by atoms with van der Waals surface area (Å²) in [5.41, 5.74) is -0.461. The van der Waals surface area contributed by atoms with E-state index in [0.29, 0.717) is 13.0 Å². The number of hydrogen-bond donors (Lipinski definition) is 0. The standard InChI is InChI=1S/C15H26N2O2/c1-5-6-7-8-17-11-12(10-16)9-13(17)14(18)19-15(2,3)4/h12-13H,5-9,11H2,1-4H3. The molecule has 0 radical (unpaired) electrons. The molecule has 0 bridgehead atoms. The molecule has 1 rings (SSSR count). The predicted octanol–water partition coefficient (Wildman–Crippen LogP) is 2.73. The molecule has 1 saturated heterocycles. The van der Waals surface area contributed by atoms with Gasteiger partial charge >= 0.3 is 5.97 Å². The van der Waals surface area contributed by atoms with Gasteiger partial charge in [-0.15, -0.1) is 0 Å². The smallest absolute Gasteiger partial charge is 0.323 e. The van der Waals surface area contributed by atoms with Crippen molar-refractivity contribution in [1.82, 2.24) is 4.90 Å². The van der Waals surface area contributed by atoms with Gasteiger partial charge < -0.3 is 4.74 Å². The normalized spacial score (nSPS) is 24.2. The lowest BCUT2D eigenvalue weighted by molar-refractivity contribution is -0.160. The molecule has 0 aliphatic carbocycles. The Bertz CT molecular complexity index is 341. The van der Waals surface area contributed by atoms with Crippen molar-refractivity contribution in [2.75, 3.05) is 13.1 Å². The van der Waals surface area contributed by atoms with E-state index in [1.54, 1.807) is 0 Å². The van der Waals surface area contributed by atoms with Crippen LogP contribution in [0.25, 0.3) is 0 Å². The molecule has 0 aromatic rings. The molecule has 0 amide bonds. The van der Waals surface area contributed by atoms with Gasteiger partial charge in [-0.05, 0) is 40.2 Å². The second kappa shape index (κ2) is 6.91. The summed E-state index contributed by atoms with van der Waals surface area (Å²) in [6, 6.07) is 2.05. The molecular weight excluding hydrogens is 240 g/mol. The van der Waals surface area contributed by atoms with E-state index >= 15 is 0 Å². The number of nitrogens with zero attached hydrogens (tertiary/aromatic N) is 2. The summed E-state index contributed by atoms with van der Waals surface area (Å²) in [5.74, 6) is -0.221. The van der Waals surface area contributed by atoms with E-state index in [1.165, 1.54) is 0 Å². The Balaban J connectivity index is 2.61. The summed E-state index contributed by atoms with van der Waals surface area (Å²) in [4.78, 5) is 14.3. The van der Waals surface area contributed by atoms with E-state index in [2.05, 4.69) is 17.9 Å². The van der Waals surface area contributed by atoms with Crippen LogP contribution in [-0.2, 0) is 9.53 Å². The van der Waals surface area contributed by atoms with Crippen LogP contribution in [0.4, 0.5) is 0 Å². The Morgan fingerprint density at radius 2 is 2.11 bits per heavy atom. The average molecular weight is 266 g/mol. The molecule has 1 fully saturated rings. The van der Waals surface area contributed by atoms with Crippen LogP contribution in [0, 0.1) is 17.2 Å². The Hall–Kier alpha value is -1.08. The van der Waals surface area contributed by atoms with Crippen molar-refractivity contribution in [3.63, 3.8) is 0 Å². The minimum atomic E-state index is -0.461. The number of nitriles is 1. The zero-order valence-corrected chi connectivity index (χ0v) is 12.6. The number of rotatable bonds is 5. The van der Waals surface area contributed by atoms with Gasteiger partial charge in [0.05, 0.1) is 12.0 Å². The number of hydrogen-bond acceptors (Lipinski definition) is 4. The summed E-state index contributed by atoms with van der Waals surface area (Å²) in [7, 11) is 0. The van der Waals surface area contributed by atoms with Crippen LogP contribution in [0.3, 0.4) is 0 Å². The minimum Gasteiger partial charge on any atom is -0.459 e. The van der Waals surface area contributed by atoms with Crippen LogP contribution < -0.4 is 0 Å². The summed E-state index contributed by atoms with van der Waals surface area (Å²) in [5, 5.41) is 9.06. The van der Waals surface area contributed by atoms with E-state index in [-0.39, 0.29) is 17.9 Å². The third kappa shape index (κ3) is 5.20. The third-order valence-corrected chi connectivity index (χ3v) is 3.31. The van der Waals surface area contributed by atoms with Crippen LogP contribution in [0.1, 0.15) is 53.4 Å². The molecule has 1 aliphatic heterocycles. The lowest BCUT2D eigenvalue weighted by Gasteiger charge is -2.27. The van der Waals surface area contributed by atoms with E-state index in [9.17, 15) is 4.79 Å². The highest BCUT2D eigenvalue weighted by molar-refractivity contribution is 5.76. The van der Waals surface area contributed by atoms with Gasteiger partial charge in [-0.25, -0.2) is 0 Å². The molecule has 1 heterocycles. The summed E-state index contributed by atoms with van der Waals surface area (Å²) >= 11 is 0. The second-order valence-corrected chi connectivity index (χ2v) is 6.31. The molecule has 19 heavy (non-hydrogen) atoms. The van der Waals surface area contributed by atoms with Gasteiger partial charge in [-0.3, -0.25) is 9.69 Å². The molecule has 4 nitrogen and oxygen atoms in total. The zero-order valence-electron chi connectivity index (χ0n) is 12.6. The molecule has 2 unspecified atom stereocenters. The van der Waals surface area contributed by atoms with E-state index < -0.39 is 5.60 Å². The van der Waals surface area contributed by atoms with Crippen LogP contribution in [0.15, 0.2) is 0 Å². The van der Waals surface area contributed by atoms with Crippen molar-refractivity contribution in [2.45, 2.75) is 65.0 Å². The summed E-state index contributed by atoms with van der Waals surface area (Å²) in [6.45, 7) is 9.38. The minimum absolute atomic E-state index is 0.0425. The van der Waals surface area contributed by atoms with Crippen molar-refractivity contribution in [3.8, 4) is 6.07 Å². The molecule has 2 atom stereocenters. The van der Waals surface area contributed by atoms with Crippen molar-refractivity contribution in [1.29, 1.82) is 5.26 Å². The molecule has 4 heteroatoms. The maximum absolute atomic E-state index is 12.2. The van der Waals surface area contributed by atoms with Gasteiger partial charge in [-0.2, -0.15) is 5.26 Å². The first-order valence-electron chi connectivity index (χ1n) is 7.24. The second-order valence-electron chi connectivity index (χ2n) is 6.31. The molecule has 1 aliphatic rings. The van der Waals surface area contributed by atoms with Crippen LogP contribution in [0.2, 0.25) is 0 Å². The molecular formula is C15H26N2O2. The monoisotopic (exact) mass is 266 g/mol. The third-order valence-electron chi connectivity index (χ3n) is 3.31. The Morgan fingerprint density at radius 3 is 2.63 bits per heavy atom. The number of ether oxygens (including phenoxy) is 1. The van der Waals surface area contributed by atoms with Crippen LogP contribution in [0.5, 0.6) is 0 Å². The van der Waals surface area contributed by atoms with Gasteiger partial charge in [0.1, 0.15) is 11.6 Å². The first-order chi connectivity index (χ1) is 8.87. The molecule has 0 aromatic carbocycles. The van der Waals surface area contributed by atoms with Gasteiger partial charge in [0, 0.05) is 6.54 Å². The Morgan fingerprint density at radius 1 is 1.42 bits per heavy atom. The molecule has 0 aromatic heterocycles. The van der Waals surface area contributed by atoms with Crippen molar-refractivity contribution in [3.05, 3.63) is 0 Å². The number of carbonyl (C=O) groups excluding carboxylic acids is 1. The van der Waals surface area contributed by atoms with E-state index in [1.807, 2.05) is 20.8 Å². The SMILES string of the molecule is CCCCCN1CC(C#N)CC1C(=O)OC(C)(C)C. The van der Waals surface area contributed by atoms with Crippen molar-refractivity contribution >= 4 is 5.97 Å². The Kier molecular flexibility index (Phi) is 5.81. The van der Waals surface area contributed by atoms with E-state index in [4.69, 9.17) is 10.00 Å². The largest absolute Gasteiger partial charge is 0.459 e. The quantitative estimate of drug-likeness (QED) is 0.567.